The molecular weight excluding hydrogens is 423 g/mol. The molecule has 23 heavy (non-hydrogen) atoms. The monoisotopic (exact) mass is 450 g/mol. The third-order valence-corrected chi connectivity index (χ3v) is 5.46. The van der Waals surface area contributed by atoms with Gasteiger partial charge in [-0.05, 0) is 31.2 Å². The molecule has 1 aromatic heterocycles. The second kappa shape index (κ2) is 11.1. The van der Waals surface area contributed by atoms with E-state index < -0.39 is 0 Å². The van der Waals surface area contributed by atoms with Gasteiger partial charge in [0.1, 0.15) is 0 Å². The van der Waals surface area contributed by atoms with Crippen LogP contribution in [0.3, 0.4) is 0 Å². The van der Waals surface area contributed by atoms with Crippen LogP contribution in [0, 0.1) is 0 Å². The molecule has 1 saturated heterocycles. The molecule has 1 aliphatic heterocycles. The number of ether oxygens (including phenoxy) is 1. The summed E-state index contributed by atoms with van der Waals surface area (Å²) in [5.41, 5.74) is 1.09. The normalized spacial score (nSPS) is 17.2. The van der Waals surface area contributed by atoms with Gasteiger partial charge in [0.05, 0.1) is 0 Å². The molecule has 2 heterocycles. The minimum atomic E-state index is 0. The highest BCUT2D eigenvalue weighted by Crippen LogP contribution is 2.32. The molecule has 130 valence electrons. The number of hydrogen-bond donors (Lipinski definition) is 2. The van der Waals surface area contributed by atoms with Crippen LogP contribution in [-0.4, -0.2) is 55.3 Å². The summed E-state index contributed by atoms with van der Waals surface area (Å²) in [5.74, 6) is 0.857. The van der Waals surface area contributed by atoms with Crippen LogP contribution in [0.2, 0.25) is 0 Å². The van der Waals surface area contributed by atoms with Gasteiger partial charge >= 0.3 is 0 Å². The number of aromatic nitrogens is 1. The zero-order valence-electron chi connectivity index (χ0n) is 13.9. The quantitative estimate of drug-likeness (QED) is 0.396. The molecule has 0 aromatic carbocycles. The number of nitrogens with zero attached hydrogens (tertiary/aromatic N) is 2. The average molecular weight is 450 g/mol. The van der Waals surface area contributed by atoms with E-state index in [9.17, 15) is 0 Å². The van der Waals surface area contributed by atoms with E-state index in [1.54, 1.807) is 0 Å². The van der Waals surface area contributed by atoms with Crippen molar-refractivity contribution in [3.8, 4) is 0 Å². The van der Waals surface area contributed by atoms with Crippen molar-refractivity contribution >= 4 is 41.7 Å². The zero-order valence-corrected chi connectivity index (χ0v) is 17.0. The van der Waals surface area contributed by atoms with Crippen LogP contribution >= 0.6 is 35.7 Å². The fourth-order valence-corrected chi connectivity index (χ4v) is 3.31. The van der Waals surface area contributed by atoms with Crippen molar-refractivity contribution in [3.63, 3.8) is 0 Å². The van der Waals surface area contributed by atoms with Crippen LogP contribution in [0.1, 0.15) is 18.5 Å². The number of rotatable bonds is 6. The molecule has 0 saturated carbocycles. The van der Waals surface area contributed by atoms with Crippen LogP contribution in [-0.2, 0) is 11.2 Å². The molecule has 1 fully saturated rings. The number of thioether (sulfide) groups is 1. The van der Waals surface area contributed by atoms with Crippen molar-refractivity contribution in [1.82, 2.24) is 15.6 Å². The lowest BCUT2D eigenvalue weighted by Crippen LogP contribution is -2.48. The molecule has 1 aromatic rings. The molecule has 7 heteroatoms. The van der Waals surface area contributed by atoms with Crippen molar-refractivity contribution in [1.29, 1.82) is 0 Å². The lowest BCUT2D eigenvalue weighted by atomic mass is 9.99. The van der Waals surface area contributed by atoms with Gasteiger partial charge in [-0.1, -0.05) is 6.07 Å². The largest absolute Gasteiger partial charge is 0.381 e. The van der Waals surface area contributed by atoms with Crippen LogP contribution in [0.4, 0.5) is 0 Å². The van der Waals surface area contributed by atoms with Crippen molar-refractivity contribution in [2.75, 3.05) is 39.6 Å². The summed E-state index contributed by atoms with van der Waals surface area (Å²) in [7, 11) is 1.81. The standard InChI is InChI=1S/C16H26N4OS.HI/c1-17-15(19-10-6-14-5-3-4-9-18-14)20-13-16(22-2)7-11-21-12-8-16;/h3-5,9H,6-8,10-13H2,1-2H3,(H2,17,19,20);1H. The molecular formula is C16H27IN4OS. The molecule has 0 atom stereocenters. The molecule has 2 rings (SSSR count). The van der Waals surface area contributed by atoms with Crippen LogP contribution in [0.25, 0.3) is 0 Å². The summed E-state index contributed by atoms with van der Waals surface area (Å²) in [6.45, 7) is 3.45. The molecule has 0 aliphatic carbocycles. The Morgan fingerprint density at radius 3 is 2.74 bits per heavy atom. The van der Waals surface area contributed by atoms with Gasteiger partial charge in [-0.2, -0.15) is 11.8 Å². The Morgan fingerprint density at radius 1 is 1.35 bits per heavy atom. The summed E-state index contributed by atoms with van der Waals surface area (Å²) in [6, 6.07) is 6.00. The Labute approximate surface area is 160 Å². The molecule has 0 bridgehead atoms. The highest BCUT2D eigenvalue weighted by molar-refractivity contribution is 14.0. The van der Waals surface area contributed by atoms with Crippen molar-refractivity contribution in [2.45, 2.75) is 24.0 Å². The molecule has 1 aliphatic rings. The Kier molecular flexibility index (Phi) is 9.89. The van der Waals surface area contributed by atoms with E-state index in [1.807, 2.05) is 43.2 Å². The lowest BCUT2D eigenvalue weighted by molar-refractivity contribution is 0.0783. The van der Waals surface area contributed by atoms with Gasteiger partial charge < -0.3 is 15.4 Å². The minimum absolute atomic E-state index is 0. The highest BCUT2D eigenvalue weighted by Gasteiger charge is 2.31. The summed E-state index contributed by atoms with van der Waals surface area (Å²) in [6.07, 6.45) is 7.08. The smallest absolute Gasteiger partial charge is 0.191 e. The second-order valence-corrected chi connectivity index (χ2v) is 6.70. The van der Waals surface area contributed by atoms with Crippen LogP contribution in [0.5, 0.6) is 0 Å². The molecule has 0 spiro atoms. The summed E-state index contributed by atoms with van der Waals surface area (Å²) in [5, 5.41) is 6.82. The topological polar surface area (TPSA) is 58.5 Å². The molecule has 0 amide bonds. The maximum atomic E-state index is 5.48. The third-order valence-electron chi connectivity index (χ3n) is 4.04. The first-order valence-electron chi connectivity index (χ1n) is 7.75. The summed E-state index contributed by atoms with van der Waals surface area (Å²) >= 11 is 1.93. The first kappa shape index (κ1) is 20.5. The lowest BCUT2D eigenvalue weighted by Gasteiger charge is -2.36. The van der Waals surface area contributed by atoms with E-state index in [1.165, 1.54) is 0 Å². The van der Waals surface area contributed by atoms with Gasteiger partial charge in [-0.15, -0.1) is 24.0 Å². The van der Waals surface area contributed by atoms with E-state index in [4.69, 9.17) is 4.74 Å². The maximum absolute atomic E-state index is 5.48. The molecule has 2 N–H and O–H groups in total. The summed E-state index contributed by atoms with van der Waals surface area (Å²) in [4.78, 5) is 8.63. The Bertz CT molecular complexity index is 466. The van der Waals surface area contributed by atoms with E-state index in [2.05, 4.69) is 26.9 Å². The van der Waals surface area contributed by atoms with Gasteiger partial charge in [-0.25, -0.2) is 0 Å². The third kappa shape index (κ3) is 6.84. The average Bonchev–Trinajstić information content (AvgIpc) is 2.59. The SMILES string of the molecule is CN=C(NCCc1ccccn1)NCC1(SC)CCOCC1.I. The van der Waals surface area contributed by atoms with Gasteiger partial charge in [0, 0.05) is 56.4 Å². The zero-order chi connectivity index (χ0) is 15.7. The Balaban J connectivity index is 0.00000264. The van der Waals surface area contributed by atoms with Gasteiger partial charge in [0.25, 0.3) is 0 Å². The van der Waals surface area contributed by atoms with Gasteiger partial charge in [0.15, 0.2) is 5.96 Å². The second-order valence-electron chi connectivity index (χ2n) is 5.42. The number of hydrogen-bond acceptors (Lipinski definition) is 4. The maximum Gasteiger partial charge on any atom is 0.191 e. The minimum Gasteiger partial charge on any atom is -0.381 e. The van der Waals surface area contributed by atoms with Crippen molar-refractivity contribution in [2.24, 2.45) is 4.99 Å². The summed E-state index contributed by atoms with van der Waals surface area (Å²) < 4.78 is 5.74. The number of aliphatic imine (C=N–C) groups is 1. The van der Waals surface area contributed by atoms with Crippen LogP contribution < -0.4 is 10.6 Å². The van der Waals surface area contributed by atoms with E-state index in [0.717, 1.165) is 57.2 Å². The van der Waals surface area contributed by atoms with Gasteiger partial charge in [-0.3, -0.25) is 9.98 Å². The Morgan fingerprint density at radius 2 is 2.13 bits per heavy atom. The Hall–Kier alpha value is -0.540. The number of nitrogens with one attached hydrogen (secondary N) is 2. The van der Waals surface area contributed by atoms with E-state index in [0.29, 0.717) is 0 Å². The highest BCUT2D eigenvalue weighted by atomic mass is 127. The number of halogens is 1. The molecule has 0 unspecified atom stereocenters. The first-order chi connectivity index (χ1) is 10.8. The first-order valence-corrected chi connectivity index (χ1v) is 8.98. The van der Waals surface area contributed by atoms with E-state index in [-0.39, 0.29) is 28.7 Å². The van der Waals surface area contributed by atoms with Crippen molar-refractivity contribution in [3.05, 3.63) is 30.1 Å². The predicted octanol–water partition coefficient (Wildman–Crippen LogP) is 2.32. The van der Waals surface area contributed by atoms with Gasteiger partial charge in [0.2, 0.25) is 0 Å². The fourth-order valence-electron chi connectivity index (χ4n) is 2.52. The molecule has 0 radical (unpaired) electrons. The van der Waals surface area contributed by atoms with E-state index >= 15 is 0 Å². The van der Waals surface area contributed by atoms with Crippen molar-refractivity contribution < 1.29 is 4.74 Å². The van der Waals surface area contributed by atoms with Crippen LogP contribution in [0.15, 0.2) is 29.4 Å². The number of pyridine rings is 1. The predicted molar refractivity (Wildman–Crippen MR) is 109 cm³/mol. The number of guanidine groups is 1. The fraction of sp³-hybridized carbons (Fsp3) is 0.625. The molecule has 5 nitrogen and oxygen atoms in total.